The fraction of sp³-hybridized carbons (Fsp3) is 0.357. The van der Waals surface area contributed by atoms with E-state index < -0.39 is 24.0 Å². The molecule has 0 saturated carbocycles. The van der Waals surface area contributed by atoms with Crippen molar-refractivity contribution in [1.29, 1.82) is 0 Å². The Morgan fingerprint density at radius 3 is 2.53 bits per heavy atom. The molecule has 0 saturated heterocycles. The number of carboxylic acid groups (broad SMARTS) is 1. The van der Waals surface area contributed by atoms with Crippen LogP contribution in [0.15, 0.2) is 6.07 Å². The van der Waals surface area contributed by atoms with E-state index in [1.165, 1.54) is 20.1 Å². The van der Waals surface area contributed by atoms with Crippen LogP contribution < -0.4 is 0 Å². The Bertz CT molecular complexity index is 542. The number of carboxylic acids is 1. The van der Waals surface area contributed by atoms with E-state index in [0.717, 1.165) is 0 Å². The van der Waals surface area contributed by atoms with E-state index in [2.05, 4.69) is 11.8 Å². The predicted octanol–water partition coefficient (Wildman–Crippen LogP) is 2.09. The van der Waals surface area contributed by atoms with Gasteiger partial charge in [-0.25, -0.2) is 8.78 Å². The first-order chi connectivity index (χ1) is 8.97. The first-order valence-electron chi connectivity index (χ1n) is 5.60. The minimum atomic E-state index is -1.17. The molecule has 0 spiro atoms. The molecule has 1 aromatic rings. The van der Waals surface area contributed by atoms with Crippen LogP contribution in [0.4, 0.5) is 8.78 Å². The SMILES string of the molecule is COCC#CCc1cc(CC(=O)O)c(F)c(C)c1F. The summed E-state index contributed by atoms with van der Waals surface area (Å²) in [6.07, 6.45) is -0.394. The molecule has 1 rings (SSSR count). The Kier molecular flexibility index (Phi) is 5.46. The molecule has 0 aliphatic heterocycles. The Labute approximate surface area is 110 Å². The van der Waals surface area contributed by atoms with Gasteiger partial charge in [0.2, 0.25) is 0 Å². The third-order valence-corrected chi connectivity index (χ3v) is 2.53. The van der Waals surface area contributed by atoms with E-state index in [1.807, 2.05) is 0 Å². The molecular weight excluding hydrogens is 254 g/mol. The highest BCUT2D eigenvalue weighted by atomic mass is 19.1. The van der Waals surface area contributed by atoms with E-state index in [1.54, 1.807) is 0 Å². The van der Waals surface area contributed by atoms with Gasteiger partial charge in [-0.1, -0.05) is 11.8 Å². The van der Waals surface area contributed by atoms with Crippen molar-refractivity contribution in [3.63, 3.8) is 0 Å². The number of rotatable bonds is 4. The number of benzene rings is 1. The molecule has 0 amide bonds. The number of carbonyl (C=O) groups is 1. The summed E-state index contributed by atoms with van der Waals surface area (Å²) in [7, 11) is 1.49. The Hall–Kier alpha value is -1.93. The van der Waals surface area contributed by atoms with Gasteiger partial charge in [0, 0.05) is 24.7 Å². The second-order valence-electron chi connectivity index (χ2n) is 3.98. The number of ether oxygens (including phenoxy) is 1. The number of halogens is 2. The van der Waals surface area contributed by atoms with Crippen LogP contribution in [0, 0.1) is 30.4 Å². The molecule has 0 aliphatic rings. The van der Waals surface area contributed by atoms with Crippen LogP contribution in [0.25, 0.3) is 0 Å². The lowest BCUT2D eigenvalue weighted by Crippen LogP contribution is -2.07. The van der Waals surface area contributed by atoms with E-state index in [0.29, 0.717) is 0 Å². The number of aliphatic carboxylic acids is 1. The summed E-state index contributed by atoms with van der Waals surface area (Å²) in [5.41, 5.74) is -0.0176. The zero-order valence-corrected chi connectivity index (χ0v) is 10.7. The molecule has 3 nitrogen and oxygen atoms in total. The summed E-state index contributed by atoms with van der Waals surface area (Å²) in [6, 6.07) is 1.22. The molecule has 1 aromatic carbocycles. The summed E-state index contributed by atoms with van der Waals surface area (Å²) in [5.74, 6) is 2.68. The maximum absolute atomic E-state index is 13.8. The Morgan fingerprint density at radius 1 is 1.32 bits per heavy atom. The second-order valence-corrected chi connectivity index (χ2v) is 3.98. The molecule has 19 heavy (non-hydrogen) atoms. The predicted molar refractivity (Wildman–Crippen MR) is 65.8 cm³/mol. The van der Waals surface area contributed by atoms with E-state index >= 15 is 0 Å². The smallest absolute Gasteiger partial charge is 0.307 e. The summed E-state index contributed by atoms with van der Waals surface area (Å²) < 4.78 is 32.2. The fourth-order valence-electron chi connectivity index (χ4n) is 1.62. The summed E-state index contributed by atoms with van der Waals surface area (Å²) >= 11 is 0. The molecule has 0 unspecified atom stereocenters. The van der Waals surface area contributed by atoms with Gasteiger partial charge >= 0.3 is 5.97 Å². The van der Waals surface area contributed by atoms with Gasteiger partial charge in [0.05, 0.1) is 6.42 Å². The Morgan fingerprint density at radius 2 is 1.95 bits per heavy atom. The zero-order valence-electron chi connectivity index (χ0n) is 10.7. The summed E-state index contributed by atoms with van der Waals surface area (Å²) in [5, 5.41) is 8.68. The van der Waals surface area contributed by atoms with Crippen molar-refractivity contribution in [3.8, 4) is 11.8 Å². The molecule has 0 bridgehead atoms. The highest BCUT2D eigenvalue weighted by Crippen LogP contribution is 2.21. The molecule has 0 aliphatic carbocycles. The third-order valence-electron chi connectivity index (χ3n) is 2.53. The highest BCUT2D eigenvalue weighted by Gasteiger charge is 2.16. The van der Waals surface area contributed by atoms with E-state index in [9.17, 15) is 13.6 Å². The standard InChI is InChI=1S/C14H14F2O3/c1-9-13(15)10(5-3-4-6-19-2)7-11(14(9)16)8-12(17)18/h7H,5-6,8H2,1-2H3,(H,17,18). The number of hydrogen-bond donors (Lipinski definition) is 1. The molecular formula is C14H14F2O3. The maximum Gasteiger partial charge on any atom is 0.307 e. The highest BCUT2D eigenvalue weighted by molar-refractivity contribution is 5.70. The van der Waals surface area contributed by atoms with Gasteiger partial charge < -0.3 is 9.84 Å². The fourth-order valence-corrected chi connectivity index (χ4v) is 1.62. The van der Waals surface area contributed by atoms with Crippen LogP contribution in [0.1, 0.15) is 16.7 Å². The van der Waals surface area contributed by atoms with Crippen molar-refractivity contribution in [2.45, 2.75) is 19.8 Å². The average molecular weight is 268 g/mol. The lowest BCUT2D eigenvalue weighted by Gasteiger charge is -2.08. The van der Waals surface area contributed by atoms with Gasteiger partial charge in [-0.15, -0.1) is 0 Å². The number of hydrogen-bond acceptors (Lipinski definition) is 2. The lowest BCUT2D eigenvalue weighted by molar-refractivity contribution is -0.136. The molecule has 0 heterocycles. The molecule has 0 fully saturated rings. The lowest BCUT2D eigenvalue weighted by atomic mass is 10.0. The summed E-state index contributed by atoms with van der Waals surface area (Å²) in [4.78, 5) is 10.6. The van der Waals surface area contributed by atoms with Gasteiger partial charge in [-0.05, 0) is 18.6 Å². The van der Waals surface area contributed by atoms with Gasteiger partial charge in [0.1, 0.15) is 18.2 Å². The van der Waals surface area contributed by atoms with Crippen LogP contribution in [-0.4, -0.2) is 24.8 Å². The zero-order chi connectivity index (χ0) is 14.4. The molecule has 102 valence electrons. The minimum absolute atomic E-state index is 0.0325. The first-order valence-corrected chi connectivity index (χ1v) is 5.60. The van der Waals surface area contributed by atoms with Crippen molar-refractivity contribution in [1.82, 2.24) is 0 Å². The Balaban J connectivity index is 3.08. The summed E-state index contributed by atoms with van der Waals surface area (Å²) in [6.45, 7) is 1.51. The van der Waals surface area contributed by atoms with Crippen molar-refractivity contribution in [2.24, 2.45) is 0 Å². The minimum Gasteiger partial charge on any atom is -0.481 e. The molecule has 1 N–H and O–H groups in total. The molecule has 0 atom stereocenters. The van der Waals surface area contributed by atoms with Crippen LogP contribution in [-0.2, 0) is 22.4 Å². The van der Waals surface area contributed by atoms with Crippen molar-refractivity contribution in [3.05, 3.63) is 34.4 Å². The van der Waals surface area contributed by atoms with E-state index in [-0.39, 0.29) is 29.7 Å². The monoisotopic (exact) mass is 268 g/mol. The van der Waals surface area contributed by atoms with E-state index in [4.69, 9.17) is 9.84 Å². The molecule has 0 radical (unpaired) electrons. The normalized spacial score (nSPS) is 9.89. The second kappa shape index (κ2) is 6.86. The number of methoxy groups -OCH3 is 1. The largest absolute Gasteiger partial charge is 0.481 e. The van der Waals surface area contributed by atoms with Crippen molar-refractivity contribution < 1.29 is 23.4 Å². The van der Waals surface area contributed by atoms with Crippen LogP contribution in [0.3, 0.4) is 0 Å². The topological polar surface area (TPSA) is 46.5 Å². The van der Waals surface area contributed by atoms with Gasteiger partial charge in [-0.2, -0.15) is 0 Å². The maximum atomic E-state index is 13.8. The van der Waals surface area contributed by atoms with Crippen molar-refractivity contribution >= 4 is 5.97 Å². The molecule has 5 heteroatoms. The van der Waals surface area contributed by atoms with Crippen LogP contribution in [0.2, 0.25) is 0 Å². The van der Waals surface area contributed by atoms with Crippen LogP contribution in [0.5, 0.6) is 0 Å². The van der Waals surface area contributed by atoms with Gasteiger partial charge in [0.15, 0.2) is 0 Å². The van der Waals surface area contributed by atoms with Gasteiger partial charge in [-0.3, -0.25) is 4.79 Å². The quantitative estimate of drug-likeness (QED) is 0.851. The van der Waals surface area contributed by atoms with Gasteiger partial charge in [0.25, 0.3) is 0 Å². The average Bonchev–Trinajstić information content (AvgIpc) is 2.36. The van der Waals surface area contributed by atoms with Crippen LogP contribution >= 0.6 is 0 Å². The first kappa shape index (κ1) is 15.1. The van der Waals surface area contributed by atoms with Crippen molar-refractivity contribution in [2.75, 3.05) is 13.7 Å². The molecule has 0 aromatic heterocycles. The third kappa shape index (κ3) is 4.04.